The van der Waals surface area contributed by atoms with Crippen molar-refractivity contribution in [1.29, 1.82) is 0 Å². The van der Waals surface area contributed by atoms with Gasteiger partial charge in [0.05, 0.1) is 4.90 Å². The fraction of sp³-hybridized carbons (Fsp3) is 0.0769. The van der Waals surface area contributed by atoms with E-state index in [1.165, 1.54) is 12.1 Å². The molecular formula is C13H13BrN2O2S2. The highest BCUT2D eigenvalue weighted by molar-refractivity contribution is 9.10. The molecule has 0 atom stereocenters. The van der Waals surface area contributed by atoms with Gasteiger partial charge in [0.25, 0.3) is 10.0 Å². The number of anilines is 2. The van der Waals surface area contributed by atoms with E-state index in [1.54, 1.807) is 30.0 Å². The molecule has 0 spiro atoms. The first-order valence-electron chi connectivity index (χ1n) is 5.64. The van der Waals surface area contributed by atoms with Crippen LogP contribution >= 0.6 is 27.7 Å². The van der Waals surface area contributed by atoms with E-state index in [0.29, 0.717) is 15.8 Å². The summed E-state index contributed by atoms with van der Waals surface area (Å²) in [5, 5.41) is 0. The number of thioether (sulfide) groups is 1. The average molecular weight is 373 g/mol. The van der Waals surface area contributed by atoms with Crippen LogP contribution in [-0.2, 0) is 10.0 Å². The summed E-state index contributed by atoms with van der Waals surface area (Å²) in [5.41, 5.74) is 6.60. The van der Waals surface area contributed by atoms with Crippen molar-refractivity contribution in [2.24, 2.45) is 0 Å². The van der Waals surface area contributed by atoms with E-state index in [2.05, 4.69) is 20.7 Å². The lowest BCUT2D eigenvalue weighted by Crippen LogP contribution is -2.13. The van der Waals surface area contributed by atoms with Crippen LogP contribution < -0.4 is 10.5 Å². The van der Waals surface area contributed by atoms with Crippen molar-refractivity contribution in [1.82, 2.24) is 0 Å². The smallest absolute Gasteiger partial charge is 0.261 e. The first kappa shape index (κ1) is 15.2. The first-order valence-corrected chi connectivity index (χ1v) is 9.14. The molecular weight excluding hydrogens is 360 g/mol. The molecule has 0 unspecified atom stereocenters. The number of nitrogen functional groups attached to an aromatic ring is 1. The molecule has 0 radical (unpaired) electrons. The number of sulfonamides is 1. The van der Waals surface area contributed by atoms with Gasteiger partial charge in [-0.25, -0.2) is 8.42 Å². The second-order valence-corrected chi connectivity index (χ2v) is 7.43. The number of halogens is 1. The highest BCUT2D eigenvalue weighted by atomic mass is 79.9. The maximum absolute atomic E-state index is 12.2. The number of nitrogens with one attached hydrogen (secondary N) is 1. The van der Waals surface area contributed by atoms with Crippen molar-refractivity contribution in [3.05, 3.63) is 46.9 Å². The molecule has 0 saturated carbocycles. The summed E-state index contributed by atoms with van der Waals surface area (Å²) in [6.45, 7) is 0. The monoisotopic (exact) mass is 372 g/mol. The standard InChI is InChI=1S/C13H13BrN2O2S2/c1-19-10-4-2-9(3-5-10)16-20(17,18)11-6-7-12(14)13(15)8-11/h2-8,16H,15H2,1H3. The summed E-state index contributed by atoms with van der Waals surface area (Å²) in [6.07, 6.45) is 1.96. The van der Waals surface area contributed by atoms with Gasteiger partial charge in [0, 0.05) is 20.7 Å². The van der Waals surface area contributed by atoms with Gasteiger partial charge in [0.15, 0.2) is 0 Å². The Morgan fingerprint density at radius 2 is 1.80 bits per heavy atom. The number of rotatable bonds is 4. The maximum atomic E-state index is 12.2. The van der Waals surface area contributed by atoms with Crippen LogP contribution in [0.4, 0.5) is 11.4 Å². The van der Waals surface area contributed by atoms with Gasteiger partial charge in [-0.2, -0.15) is 0 Å². The van der Waals surface area contributed by atoms with Crippen LogP contribution in [0.25, 0.3) is 0 Å². The zero-order valence-electron chi connectivity index (χ0n) is 10.6. The maximum Gasteiger partial charge on any atom is 0.261 e. The Labute approximate surface area is 130 Å². The molecule has 106 valence electrons. The van der Waals surface area contributed by atoms with Crippen molar-refractivity contribution in [2.45, 2.75) is 9.79 Å². The zero-order chi connectivity index (χ0) is 14.8. The topological polar surface area (TPSA) is 72.2 Å². The fourth-order valence-electron chi connectivity index (χ4n) is 1.56. The van der Waals surface area contributed by atoms with Crippen LogP contribution in [-0.4, -0.2) is 14.7 Å². The SMILES string of the molecule is CSc1ccc(NS(=O)(=O)c2ccc(Br)c(N)c2)cc1. The van der Waals surface area contributed by atoms with Gasteiger partial charge in [-0.15, -0.1) is 11.8 Å². The Balaban J connectivity index is 2.27. The number of hydrogen-bond acceptors (Lipinski definition) is 4. The van der Waals surface area contributed by atoms with E-state index in [1.807, 2.05) is 18.4 Å². The second-order valence-electron chi connectivity index (χ2n) is 4.02. The summed E-state index contributed by atoms with van der Waals surface area (Å²) in [7, 11) is -3.63. The van der Waals surface area contributed by atoms with E-state index >= 15 is 0 Å². The molecule has 0 fully saturated rings. The quantitative estimate of drug-likeness (QED) is 0.635. The largest absolute Gasteiger partial charge is 0.398 e. The molecule has 0 saturated heterocycles. The van der Waals surface area contributed by atoms with Crippen molar-refractivity contribution in [3.63, 3.8) is 0 Å². The summed E-state index contributed by atoms with van der Waals surface area (Å²) < 4.78 is 27.7. The fourth-order valence-corrected chi connectivity index (χ4v) is 3.31. The van der Waals surface area contributed by atoms with Crippen molar-refractivity contribution in [2.75, 3.05) is 16.7 Å². The molecule has 4 nitrogen and oxygen atoms in total. The Bertz CT molecular complexity index is 716. The van der Waals surface area contributed by atoms with Gasteiger partial charge in [-0.1, -0.05) is 0 Å². The van der Waals surface area contributed by atoms with Crippen LogP contribution in [0.1, 0.15) is 0 Å². The Kier molecular flexibility index (Phi) is 4.62. The minimum Gasteiger partial charge on any atom is -0.398 e. The summed E-state index contributed by atoms with van der Waals surface area (Å²) >= 11 is 4.83. The molecule has 20 heavy (non-hydrogen) atoms. The van der Waals surface area contributed by atoms with Gasteiger partial charge >= 0.3 is 0 Å². The molecule has 0 bridgehead atoms. The van der Waals surface area contributed by atoms with Crippen LogP contribution in [0.5, 0.6) is 0 Å². The third kappa shape index (κ3) is 3.47. The number of hydrogen-bond donors (Lipinski definition) is 2. The summed E-state index contributed by atoms with van der Waals surface area (Å²) in [5.74, 6) is 0. The van der Waals surface area contributed by atoms with Crippen LogP contribution in [0, 0.1) is 0 Å². The Morgan fingerprint density at radius 3 is 2.35 bits per heavy atom. The highest BCUT2D eigenvalue weighted by Crippen LogP contribution is 2.25. The third-order valence-electron chi connectivity index (χ3n) is 2.62. The lowest BCUT2D eigenvalue weighted by Gasteiger charge is -2.09. The second kappa shape index (κ2) is 6.07. The predicted molar refractivity (Wildman–Crippen MR) is 87.6 cm³/mol. The van der Waals surface area contributed by atoms with Gasteiger partial charge in [-0.3, -0.25) is 4.72 Å². The number of benzene rings is 2. The molecule has 2 rings (SSSR count). The van der Waals surface area contributed by atoms with E-state index in [4.69, 9.17) is 5.73 Å². The normalized spacial score (nSPS) is 11.3. The lowest BCUT2D eigenvalue weighted by atomic mass is 10.3. The average Bonchev–Trinajstić information content (AvgIpc) is 2.42. The molecule has 0 aliphatic carbocycles. The lowest BCUT2D eigenvalue weighted by molar-refractivity contribution is 0.601. The van der Waals surface area contributed by atoms with Gasteiger partial charge < -0.3 is 5.73 Å². The van der Waals surface area contributed by atoms with E-state index < -0.39 is 10.0 Å². The molecule has 0 aromatic heterocycles. The van der Waals surface area contributed by atoms with E-state index in [-0.39, 0.29) is 4.90 Å². The highest BCUT2D eigenvalue weighted by Gasteiger charge is 2.15. The van der Waals surface area contributed by atoms with E-state index in [9.17, 15) is 8.42 Å². The molecule has 0 aliphatic heterocycles. The van der Waals surface area contributed by atoms with Crippen LogP contribution in [0.15, 0.2) is 56.7 Å². The molecule has 3 N–H and O–H groups in total. The minimum absolute atomic E-state index is 0.132. The molecule has 0 heterocycles. The van der Waals surface area contributed by atoms with Crippen LogP contribution in [0.2, 0.25) is 0 Å². The number of nitrogens with two attached hydrogens (primary N) is 1. The zero-order valence-corrected chi connectivity index (χ0v) is 13.8. The molecule has 0 amide bonds. The van der Waals surface area contributed by atoms with Crippen molar-refractivity contribution < 1.29 is 8.42 Å². The third-order valence-corrected chi connectivity index (χ3v) is 5.46. The van der Waals surface area contributed by atoms with Gasteiger partial charge in [-0.05, 0) is 64.7 Å². The molecule has 7 heteroatoms. The van der Waals surface area contributed by atoms with Crippen LogP contribution in [0.3, 0.4) is 0 Å². The Morgan fingerprint density at radius 1 is 1.15 bits per heavy atom. The van der Waals surface area contributed by atoms with Crippen molar-refractivity contribution in [3.8, 4) is 0 Å². The molecule has 2 aromatic rings. The Hall–Kier alpha value is -1.18. The summed E-state index contributed by atoms with van der Waals surface area (Å²) in [6, 6.07) is 11.7. The summed E-state index contributed by atoms with van der Waals surface area (Å²) in [4.78, 5) is 1.20. The van der Waals surface area contributed by atoms with Gasteiger partial charge in [0.2, 0.25) is 0 Å². The van der Waals surface area contributed by atoms with Crippen molar-refractivity contribution >= 4 is 49.1 Å². The van der Waals surface area contributed by atoms with Gasteiger partial charge in [0.1, 0.15) is 0 Å². The van der Waals surface area contributed by atoms with E-state index in [0.717, 1.165) is 4.90 Å². The first-order chi connectivity index (χ1) is 9.42. The molecule has 0 aliphatic rings. The molecule has 2 aromatic carbocycles. The minimum atomic E-state index is -3.63. The predicted octanol–water partition coefficient (Wildman–Crippen LogP) is 3.55.